The fourth-order valence-corrected chi connectivity index (χ4v) is 1.26. The van der Waals surface area contributed by atoms with Crippen LogP contribution in [0.5, 0.6) is 5.88 Å². The van der Waals surface area contributed by atoms with E-state index in [0.717, 1.165) is 6.20 Å². The molecule has 0 saturated carbocycles. The minimum atomic E-state index is -2.71. The smallest absolute Gasteiger partial charge is 0.265 e. The first-order valence-corrected chi connectivity index (χ1v) is 4.14. The van der Waals surface area contributed by atoms with E-state index in [1.807, 2.05) is 0 Å². The normalized spacial score (nSPS) is 10.5. The molecule has 0 aliphatic rings. The van der Waals surface area contributed by atoms with Gasteiger partial charge >= 0.3 is 0 Å². The number of ether oxygens (including phenoxy) is 1. The van der Waals surface area contributed by atoms with Crippen molar-refractivity contribution in [3.63, 3.8) is 0 Å². The largest absolute Gasteiger partial charge is 0.480 e. The number of carbonyl (C=O) groups excluding carboxylic acids is 1. The highest BCUT2D eigenvalue weighted by Gasteiger charge is 2.19. The highest BCUT2D eigenvalue weighted by Crippen LogP contribution is 2.27. The first-order chi connectivity index (χ1) is 7.15. The number of rotatable bonds is 4. The number of aromatic nitrogens is 1. The van der Waals surface area contributed by atoms with Crippen molar-refractivity contribution in [1.82, 2.24) is 4.98 Å². The van der Waals surface area contributed by atoms with Gasteiger partial charge in [0.25, 0.3) is 6.43 Å². The Bertz CT molecular complexity index is 369. The lowest BCUT2D eigenvalue weighted by Crippen LogP contribution is -2.09. The number of hydrogen-bond acceptors (Lipinski definition) is 4. The molecule has 0 fully saturated rings. The Kier molecular flexibility index (Phi) is 3.68. The lowest BCUT2D eigenvalue weighted by Gasteiger charge is -2.11. The second-order valence-corrected chi connectivity index (χ2v) is 2.74. The van der Waals surface area contributed by atoms with Gasteiger partial charge in [0, 0.05) is 18.3 Å². The van der Waals surface area contributed by atoms with Crippen molar-refractivity contribution in [2.45, 2.75) is 13.0 Å². The number of carbonyl (C=O) groups is 1. The lowest BCUT2D eigenvalue weighted by molar-refractivity contribution is 0.111. The van der Waals surface area contributed by atoms with Gasteiger partial charge in [-0.15, -0.1) is 0 Å². The number of alkyl halides is 2. The summed E-state index contributed by atoms with van der Waals surface area (Å²) in [5, 5.41) is 0. The molecule has 1 aromatic heterocycles. The number of hydrogen-bond donors (Lipinski definition) is 1. The summed E-state index contributed by atoms with van der Waals surface area (Å²) >= 11 is 0. The third-order valence-corrected chi connectivity index (χ3v) is 1.98. The van der Waals surface area contributed by atoms with Gasteiger partial charge < -0.3 is 10.5 Å². The van der Waals surface area contributed by atoms with E-state index in [1.165, 1.54) is 7.11 Å². The average Bonchev–Trinajstić information content (AvgIpc) is 2.26. The monoisotopic (exact) mass is 216 g/mol. The van der Waals surface area contributed by atoms with E-state index in [4.69, 9.17) is 10.5 Å². The van der Waals surface area contributed by atoms with E-state index in [-0.39, 0.29) is 29.1 Å². The molecule has 1 rings (SSSR count). The van der Waals surface area contributed by atoms with Crippen LogP contribution in [0.3, 0.4) is 0 Å². The quantitative estimate of drug-likeness (QED) is 0.770. The van der Waals surface area contributed by atoms with E-state index < -0.39 is 6.43 Å². The van der Waals surface area contributed by atoms with Crippen molar-refractivity contribution < 1.29 is 18.3 Å². The summed E-state index contributed by atoms with van der Waals surface area (Å²) in [5.41, 5.74) is 5.04. The maximum atomic E-state index is 12.5. The van der Waals surface area contributed by atoms with Crippen LogP contribution in [-0.4, -0.2) is 18.4 Å². The fourth-order valence-electron chi connectivity index (χ4n) is 1.26. The summed E-state index contributed by atoms with van der Waals surface area (Å²) in [6, 6.07) is 0. The molecule has 2 N–H and O–H groups in total. The van der Waals surface area contributed by atoms with Crippen molar-refractivity contribution in [1.29, 1.82) is 0 Å². The third kappa shape index (κ3) is 2.10. The Morgan fingerprint density at radius 2 is 2.33 bits per heavy atom. The van der Waals surface area contributed by atoms with Crippen LogP contribution < -0.4 is 10.5 Å². The Labute approximate surface area is 85.1 Å². The van der Waals surface area contributed by atoms with Gasteiger partial charge in [-0.3, -0.25) is 4.79 Å². The Hall–Kier alpha value is -1.56. The number of aldehydes is 1. The van der Waals surface area contributed by atoms with Crippen molar-refractivity contribution in [3.8, 4) is 5.88 Å². The van der Waals surface area contributed by atoms with Crippen molar-refractivity contribution in [3.05, 3.63) is 22.9 Å². The molecule has 0 aliphatic carbocycles. The number of halogens is 2. The minimum absolute atomic E-state index is 0.00912. The van der Waals surface area contributed by atoms with Gasteiger partial charge in [0.15, 0.2) is 6.29 Å². The average molecular weight is 216 g/mol. The van der Waals surface area contributed by atoms with Crippen LogP contribution in [0.2, 0.25) is 0 Å². The molecule has 6 heteroatoms. The molecule has 0 saturated heterocycles. The Balaban J connectivity index is 3.40. The molecule has 1 heterocycles. The first kappa shape index (κ1) is 11.5. The Morgan fingerprint density at radius 1 is 1.67 bits per heavy atom. The van der Waals surface area contributed by atoms with E-state index >= 15 is 0 Å². The van der Waals surface area contributed by atoms with Crippen molar-refractivity contribution >= 4 is 6.29 Å². The molecular formula is C9H10F2N2O2. The molecule has 0 unspecified atom stereocenters. The molecule has 0 aromatic carbocycles. The van der Waals surface area contributed by atoms with Crippen LogP contribution in [0.1, 0.15) is 27.9 Å². The molecule has 0 spiro atoms. The molecule has 15 heavy (non-hydrogen) atoms. The zero-order valence-corrected chi connectivity index (χ0v) is 8.04. The second-order valence-electron chi connectivity index (χ2n) is 2.74. The highest BCUT2D eigenvalue weighted by molar-refractivity contribution is 5.81. The number of methoxy groups -OCH3 is 1. The predicted octanol–water partition coefficient (Wildman–Crippen LogP) is 1.30. The lowest BCUT2D eigenvalue weighted by atomic mass is 10.1. The molecule has 0 atom stereocenters. The van der Waals surface area contributed by atoms with Crippen LogP contribution in [0, 0.1) is 0 Å². The van der Waals surface area contributed by atoms with Gasteiger partial charge in [-0.2, -0.15) is 0 Å². The van der Waals surface area contributed by atoms with Gasteiger partial charge in [0.1, 0.15) is 0 Å². The molecule has 0 amide bonds. The van der Waals surface area contributed by atoms with Crippen LogP contribution >= 0.6 is 0 Å². The Morgan fingerprint density at radius 3 is 2.73 bits per heavy atom. The highest BCUT2D eigenvalue weighted by atomic mass is 19.3. The van der Waals surface area contributed by atoms with E-state index in [0.29, 0.717) is 6.29 Å². The van der Waals surface area contributed by atoms with Crippen molar-refractivity contribution in [2.75, 3.05) is 7.11 Å². The first-order valence-electron chi connectivity index (χ1n) is 4.14. The van der Waals surface area contributed by atoms with E-state index in [9.17, 15) is 13.6 Å². The van der Waals surface area contributed by atoms with Crippen molar-refractivity contribution in [2.24, 2.45) is 5.73 Å². The molecule has 0 aliphatic heterocycles. The van der Waals surface area contributed by atoms with Gasteiger partial charge in [0.05, 0.1) is 12.7 Å². The molecule has 4 nitrogen and oxygen atoms in total. The predicted molar refractivity (Wildman–Crippen MR) is 49.0 cm³/mol. The number of nitrogens with zero attached hydrogens (tertiary/aromatic N) is 1. The summed E-state index contributed by atoms with van der Waals surface area (Å²) in [6.45, 7) is -0.160. The molecular weight excluding hydrogens is 206 g/mol. The van der Waals surface area contributed by atoms with Crippen LogP contribution in [-0.2, 0) is 6.54 Å². The van der Waals surface area contributed by atoms with Crippen LogP contribution in [0.15, 0.2) is 6.20 Å². The van der Waals surface area contributed by atoms with Gasteiger partial charge in [-0.05, 0) is 5.56 Å². The van der Waals surface area contributed by atoms with Gasteiger partial charge in [-0.1, -0.05) is 0 Å². The minimum Gasteiger partial charge on any atom is -0.480 e. The summed E-state index contributed by atoms with van der Waals surface area (Å²) < 4.78 is 29.8. The third-order valence-electron chi connectivity index (χ3n) is 1.98. The molecule has 0 bridgehead atoms. The molecule has 82 valence electrons. The summed E-state index contributed by atoms with van der Waals surface area (Å²) in [7, 11) is 1.30. The fraction of sp³-hybridized carbons (Fsp3) is 0.333. The molecule has 1 aromatic rings. The summed E-state index contributed by atoms with van der Waals surface area (Å²) in [5.74, 6) is 0.00912. The van der Waals surface area contributed by atoms with E-state index in [1.54, 1.807) is 0 Å². The second kappa shape index (κ2) is 4.79. The topological polar surface area (TPSA) is 65.2 Å². The maximum Gasteiger partial charge on any atom is 0.265 e. The standard InChI is InChI=1S/C9H10F2N2O2/c1-15-9-7(4-14)5(2-12)6(3-13-9)8(10)11/h3-4,8H,2,12H2,1H3. The van der Waals surface area contributed by atoms with Gasteiger partial charge in [-0.25, -0.2) is 13.8 Å². The zero-order valence-electron chi connectivity index (χ0n) is 8.04. The number of nitrogens with two attached hydrogens (primary N) is 1. The van der Waals surface area contributed by atoms with Gasteiger partial charge in [0.2, 0.25) is 5.88 Å². The zero-order chi connectivity index (χ0) is 11.4. The number of pyridine rings is 1. The summed E-state index contributed by atoms with van der Waals surface area (Å²) in [4.78, 5) is 14.3. The SMILES string of the molecule is COc1ncc(C(F)F)c(CN)c1C=O. The van der Waals surface area contributed by atoms with Crippen LogP contribution in [0.4, 0.5) is 8.78 Å². The summed E-state index contributed by atoms with van der Waals surface area (Å²) in [6.07, 6.45) is -1.32. The van der Waals surface area contributed by atoms with Crippen LogP contribution in [0.25, 0.3) is 0 Å². The van der Waals surface area contributed by atoms with E-state index in [2.05, 4.69) is 4.98 Å². The maximum absolute atomic E-state index is 12.5. The molecule has 0 radical (unpaired) electrons.